The van der Waals surface area contributed by atoms with E-state index in [1.807, 2.05) is 12.1 Å². The monoisotopic (exact) mass is 398 g/mol. The molecule has 2 aliphatic heterocycles. The molecule has 0 bridgehead atoms. The summed E-state index contributed by atoms with van der Waals surface area (Å²) >= 11 is 0. The molecule has 2 aromatic rings. The minimum absolute atomic E-state index is 0.0621. The number of rotatable bonds is 3. The smallest absolute Gasteiger partial charge is 0.286 e. The molecular weight excluding hydrogens is 376 g/mol. The van der Waals surface area contributed by atoms with Crippen molar-refractivity contribution < 1.29 is 13.2 Å². The van der Waals surface area contributed by atoms with Crippen molar-refractivity contribution >= 4 is 27.5 Å². The van der Waals surface area contributed by atoms with E-state index in [9.17, 15) is 13.2 Å². The van der Waals surface area contributed by atoms with Gasteiger partial charge in [-0.05, 0) is 42.7 Å². The molecule has 0 aromatic heterocycles. The van der Waals surface area contributed by atoms with E-state index in [-0.39, 0.29) is 16.7 Å². The molecule has 2 heterocycles. The predicted molar refractivity (Wildman–Crippen MR) is 108 cm³/mol. The van der Waals surface area contributed by atoms with E-state index in [2.05, 4.69) is 9.71 Å². The lowest BCUT2D eigenvalue weighted by Gasteiger charge is -2.34. The highest BCUT2D eigenvalue weighted by atomic mass is 32.2. The van der Waals surface area contributed by atoms with Crippen LogP contribution in [0.5, 0.6) is 0 Å². The summed E-state index contributed by atoms with van der Waals surface area (Å²) < 4.78 is 29.0. The molecule has 1 saturated heterocycles. The minimum atomic E-state index is -3.73. The molecule has 8 heteroatoms. The molecular formula is C20H22N4O3S. The minimum Gasteiger partial charge on any atom is -0.342 e. The Balaban J connectivity index is 1.54. The summed E-state index contributed by atoms with van der Waals surface area (Å²) in [5.41, 5.74) is 7.72. The highest BCUT2D eigenvalue weighted by Crippen LogP contribution is 2.30. The molecule has 0 radical (unpaired) electrons. The van der Waals surface area contributed by atoms with Gasteiger partial charge in [0.2, 0.25) is 0 Å². The molecule has 0 spiro atoms. The van der Waals surface area contributed by atoms with E-state index in [1.165, 1.54) is 0 Å². The average molecular weight is 398 g/mol. The largest absolute Gasteiger partial charge is 0.342 e. The Morgan fingerprint density at radius 1 is 1.18 bits per heavy atom. The molecule has 4 rings (SSSR count). The number of anilines is 1. The zero-order valence-corrected chi connectivity index (χ0v) is 16.2. The Morgan fingerprint density at radius 2 is 1.93 bits per heavy atom. The standard InChI is InChI=1S/C20H22N4O3S/c21-12-14-7-9-15(10-8-14)20(25)24-11-3-4-16(13-24)19-22-17-5-1-2-6-18(17)28(26,27)23-19/h1-2,5-10,16H,3-4,11-13,21H2,(H,22,23)/t16-/m1/s1. The fourth-order valence-electron chi connectivity index (χ4n) is 3.66. The molecule has 0 unspecified atom stereocenters. The van der Waals surface area contributed by atoms with Gasteiger partial charge in [0.1, 0.15) is 10.7 Å². The first-order valence-corrected chi connectivity index (χ1v) is 10.7. The summed E-state index contributed by atoms with van der Waals surface area (Å²) in [6.07, 6.45) is 1.57. The van der Waals surface area contributed by atoms with Gasteiger partial charge in [0.05, 0.1) is 5.69 Å². The van der Waals surface area contributed by atoms with Gasteiger partial charge in [-0.25, -0.2) is 0 Å². The van der Waals surface area contributed by atoms with Crippen molar-refractivity contribution in [1.29, 1.82) is 0 Å². The predicted octanol–water partition coefficient (Wildman–Crippen LogP) is 2.21. The number of likely N-dealkylation sites (tertiary alicyclic amines) is 1. The van der Waals surface area contributed by atoms with Gasteiger partial charge in [-0.1, -0.05) is 24.3 Å². The van der Waals surface area contributed by atoms with Crippen LogP contribution in [0.1, 0.15) is 28.8 Å². The number of nitrogens with zero attached hydrogens (tertiary/aromatic N) is 2. The molecule has 28 heavy (non-hydrogen) atoms. The number of amides is 1. The zero-order chi connectivity index (χ0) is 19.7. The van der Waals surface area contributed by atoms with E-state index in [1.54, 1.807) is 41.3 Å². The number of sulfonamides is 1. The van der Waals surface area contributed by atoms with Crippen molar-refractivity contribution in [3.05, 3.63) is 59.7 Å². The van der Waals surface area contributed by atoms with Crippen molar-refractivity contribution in [2.45, 2.75) is 24.3 Å². The van der Waals surface area contributed by atoms with Gasteiger partial charge >= 0.3 is 0 Å². The van der Waals surface area contributed by atoms with Gasteiger partial charge in [0.15, 0.2) is 0 Å². The lowest BCUT2D eigenvalue weighted by molar-refractivity contribution is 0.0703. The molecule has 0 saturated carbocycles. The summed E-state index contributed by atoms with van der Waals surface area (Å²) in [5.74, 6) is 0.201. The quantitative estimate of drug-likeness (QED) is 0.825. The number of carbonyl (C=O) groups excluding carboxylic acids is 1. The van der Waals surface area contributed by atoms with Crippen LogP contribution in [0.2, 0.25) is 0 Å². The second-order valence-electron chi connectivity index (χ2n) is 7.06. The number of fused-ring (bicyclic) bond motifs is 1. The Labute approximate surface area is 164 Å². The molecule has 2 aromatic carbocycles. The second kappa shape index (κ2) is 7.37. The highest BCUT2D eigenvalue weighted by molar-refractivity contribution is 7.90. The number of hydrogen-bond donors (Lipinski definition) is 2. The summed E-state index contributed by atoms with van der Waals surface area (Å²) in [6, 6.07) is 14.0. The third-order valence-electron chi connectivity index (χ3n) is 5.18. The first kappa shape index (κ1) is 18.6. The Hall–Kier alpha value is -2.71. The molecule has 0 aliphatic carbocycles. The number of hydrogen-bond acceptors (Lipinski definition) is 5. The van der Waals surface area contributed by atoms with Gasteiger partial charge in [0, 0.05) is 31.1 Å². The highest BCUT2D eigenvalue weighted by Gasteiger charge is 2.32. The lowest BCUT2D eigenvalue weighted by Crippen LogP contribution is -2.44. The number of nitrogens with two attached hydrogens (primary N) is 1. The first-order chi connectivity index (χ1) is 13.5. The van der Waals surface area contributed by atoms with Crippen LogP contribution in [-0.4, -0.2) is 38.2 Å². The molecule has 3 N–H and O–H groups in total. The Bertz CT molecular complexity index is 1030. The number of amidine groups is 1. The van der Waals surface area contributed by atoms with E-state index >= 15 is 0 Å². The molecule has 1 amide bonds. The fraction of sp³-hybridized carbons (Fsp3) is 0.300. The van der Waals surface area contributed by atoms with Crippen LogP contribution >= 0.6 is 0 Å². The van der Waals surface area contributed by atoms with Gasteiger partial charge in [-0.2, -0.15) is 8.42 Å². The number of para-hydroxylation sites is 1. The molecule has 146 valence electrons. The maximum absolute atomic E-state index is 12.9. The maximum Gasteiger partial charge on any atom is 0.286 e. The second-order valence-corrected chi connectivity index (χ2v) is 8.64. The van der Waals surface area contributed by atoms with E-state index in [0.29, 0.717) is 36.7 Å². The fourth-order valence-corrected chi connectivity index (χ4v) is 4.86. The number of piperidine rings is 1. The number of carbonyl (C=O) groups is 1. The summed E-state index contributed by atoms with van der Waals surface area (Å²) in [7, 11) is -3.73. The summed E-state index contributed by atoms with van der Waals surface area (Å²) in [4.78, 5) is 14.8. The topological polar surface area (TPSA) is 105 Å². The third-order valence-corrected chi connectivity index (χ3v) is 6.53. The van der Waals surface area contributed by atoms with Crippen LogP contribution in [0.4, 0.5) is 5.69 Å². The van der Waals surface area contributed by atoms with Crippen LogP contribution in [0, 0.1) is 5.92 Å². The van der Waals surface area contributed by atoms with Crippen LogP contribution in [-0.2, 0) is 16.6 Å². The molecule has 2 aliphatic rings. The lowest BCUT2D eigenvalue weighted by atomic mass is 9.95. The van der Waals surface area contributed by atoms with Crippen LogP contribution in [0.3, 0.4) is 0 Å². The normalized spacial score (nSPS) is 20.7. The van der Waals surface area contributed by atoms with Gasteiger partial charge in [-0.3, -0.25) is 4.79 Å². The van der Waals surface area contributed by atoms with Crippen molar-refractivity contribution in [2.75, 3.05) is 18.4 Å². The van der Waals surface area contributed by atoms with Crippen molar-refractivity contribution in [3.63, 3.8) is 0 Å². The van der Waals surface area contributed by atoms with Gasteiger partial charge in [0.25, 0.3) is 15.9 Å². The third kappa shape index (κ3) is 3.53. The van der Waals surface area contributed by atoms with Crippen molar-refractivity contribution in [2.24, 2.45) is 16.0 Å². The molecule has 7 nitrogen and oxygen atoms in total. The maximum atomic E-state index is 12.9. The molecule has 1 fully saturated rings. The van der Waals surface area contributed by atoms with Crippen LogP contribution in [0.15, 0.2) is 57.8 Å². The van der Waals surface area contributed by atoms with E-state index in [0.717, 1.165) is 18.4 Å². The van der Waals surface area contributed by atoms with E-state index < -0.39 is 10.0 Å². The first-order valence-electron chi connectivity index (χ1n) is 9.27. The van der Waals surface area contributed by atoms with Crippen LogP contribution in [0.25, 0.3) is 0 Å². The average Bonchev–Trinajstić information content (AvgIpc) is 2.73. The van der Waals surface area contributed by atoms with Gasteiger partial charge < -0.3 is 16.0 Å². The summed E-state index contributed by atoms with van der Waals surface area (Å²) in [6.45, 7) is 1.51. The van der Waals surface area contributed by atoms with E-state index in [4.69, 9.17) is 5.73 Å². The molecule has 1 atom stereocenters. The summed E-state index contributed by atoms with van der Waals surface area (Å²) in [5, 5.41) is 3.16. The Morgan fingerprint density at radius 3 is 2.68 bits per heavy atom. The number of benzene rings is 2. The van der Waals surface area contributed by atoms with Gasteiger partial charge in [-0.15, -0.1) is 4.40 Å². The number of nitrogens with one attached hydrogen (secondary N) is 1. The SMILES string of the molecule is NCc1ccc(C(=O)N2CCC[C@@H](C3=NS(=O)(=O)c4ccccc4N3)C2)cc1. The van der Waals surface area contributed by atoms with Crippen LogP contribution < -0.4 is 11.1 Å². The Kier molecular flexibility index (Phi) is 4.91. The van der Waals surface area contributed by atoms with Crippen molar-refractivity contribution in [1.82, 2.24) is 4.90 Å². The van der Waals surface area contributed by atoms with Crippen molar-refractivity contribution in [3.8, 4) is 0 Å². The zero-order valence-electron chi connectivity index (χ0n) is 15.3.